The van der Waals surface area contributed by atoms with E-state index < -0.39 is 6.17 Å². The molecule has 7 nitrogen and oxygen atoms in total. The smallest absolute Gasteiger partial charge is 0.256 e. The van der Waals surface area contributed by atoms with E-state index in [1.54, 1.807) is 6.92 Å². The van der Waals surface area contributed by atoms with Crippen molar-refractivity contribution < 1.29 is 9.53 Å². The molecular formula is C24H35N5O2. The van der Waals surface area contributed by atoms with E-state index in [9.17, 15) is 4.79 Å². The molecule has 0 saturated carbocycles. The van der Waals surface area contributed by atoms with E-state index in [0.717, 1.165) is 74.3 Å². The summed E-state index contributed by atoms with van der Waals surface area (Å²) in [5, 5.41) is 7.69. The Bertz CT molecular complexity index is 931. The molecule has 0 bridgehead atoms. The van der Waals surface area contributed by atoms with Gasteiger partial charge in [0.15, 0.2) is 0 Å². The van der Waals surface area contributed by atoms with Crippen LogP contribution in [-0.4, -0.2) is 54.9 Å². The molecule has 4 N–H and O–H groups in total. The van der Waals surface area contributed by atoms with Gasteiger partial charge in [-0.25, -0.2) is 4.98 Å². The van der Waals surface area contributed by atoms with E-state index in [2.05, 4.69) is 34.6 Å². The van der Waals surface area contributed by atoms with Gasteiger partial charge in [0.2, 0.25) is 0 Å². The molecule has 1 amide bonds. The van der Waals surface area contributed by atoms with E-state index in [1.165, 1.54) is 0 Å². The third-order valence-corrected chi connectivity index (χ3v) is 6.49. The van der Waals surface area contributed by atoms with Gasteiger partial charge < -0.3 is 26.0 Å². The molecule has 31 heavy (non-hydrogen) atoms. The summed E-state index contributed by atoms with van der Waals surface area (Å²) >= 11 is 0. The second-order valence-electron chi connectivity index (χ2n) is 9.40. The van der Waals surface area contributed by atoms with E-state index in [1.807, 2.05) is 19.1 Å². The van der Waals surface area contributed by atoms with Crippen LogP contribution in [0.2, 0.25) is 0 Å². The summed E-state index contributed by atoms with van der Waals surface area (Å²) in [4.78, 5) is 20.1. The summed E-state index contributed by atoms with van der Waals surface area (Å²) < 4.78 is 5.50. The summed E-state index contributed by atoms with van der Waals surface area (Å²) in [5.74, 6) is 0.581. The average molecular weight is 426 g/mol. The zero-order valence-electron chi connectivity index (χ0n) is 18.9. The third kappa shape index (κ3) is 5.17. The number of fused-ring (bicyclic) bond motifs is 1. The second kappa shape index (κ2) is 9.10. The fourth-order valence-electron chi connectivity index (χ4n) is 4.67. The first-order valence-electron chi connectivity index (χ1n) is 11.4. The van der Waals surface area contributed by atoms with Crippen molar-refractivity contribution in [3.8, 4) is 0 Å². The molecule has 1 aromatic heterocycles. The highest BCUT2D eigenvalue weighted by molar-refractivity contribution is 6.02. The number of aromatic nitrogens is 1. The lowest BCUT2D eigenvalue weighted by Gasteiger charge is -2.43. The first-order valence-corrected chi connectivity index (χ1v) is 11.4. The van der Waals surface area contributed by atoms with Crippen LogP contribution in [0.3, 0.4) is 0 Å². The van der Waals surface area contributed by atoms with Crippen molar-refractivity contribution in [1.29, 1.82) is 0 Å². The Morgan fingerprint density at radius 1 is 1.26 bits per heavy atom. The molecule has 3 heterocycles. The number of hydrogen-bond acceptors (Lipinski definition) is 6. The second-order valence-corrected chi connectivity index (χ2v) is 9.40. The Labute approximate surface area is 184 Å². The molecule has 4 rings (SSSR count). The largest absolute Gasteiger partial charge is 0.381 e. The number of pyridine rings is 1. The summed E-state index contributed by atoms with van der Waals surface area (Å²) in [6, 6.07) is 8.64. The summed E-state index contributed by atoms with van der Waals surface area (Å²) in [7, 11) is 0. The molecule has 168 valence electrons. The molecule has 1 atom stereocenters. The molecule has 2 aromatic rings. The van der Waals surface area contributed by atoms with Crippen LogP contribution in [0, 0.1) is 6.92 Å². The number of benzene rings is 1. The number of nitrogens with zero attached hydrogens (tertiary/aromatic N) is 2. The monoisotopic (exact) mass is 425 g/mol. The van der Waals surface area contributed by atoms with Crippen molar-refractivity contribution in [2.24, 2.45) is 5.73 Å². The lowest BCUT2D eigenvalue weighted by Crippen LogP contribution is -2.56. The minimum Gasteiger partial charge on any atom is -0.381 e. The van der Waals surface area contributed by atoms with Crippen LogP contribution in [0.1, 0.15) is 55.5 Å². The Kier molecular flexibility index (Phi) is 6.46. The van der Waals surface area contributed by atoms with Crippen molar-refractivity contribution in [1.82, 2.24) is 15.6 Å². The van der Waals surface area contributed by atoms with Crippen LogP contribution in [0.5, 0.6) is 0 Å². The summed E-state index contributed by atoms with van der Waals surface area (Å²) in [5.41, 5.74) is 8.58. The van der Waals surface area contributed by atoms with Gasteiger partial charge >= 0.3 is 0 Å². The maximum Gasteiger partial charge on any atom is 0.256 e. The maximum atomic E-state index is 13.0. The van der Waals surface area contributed by atoms with Crippen LogP contribution in [0.25, 0.3) is 10.9 Å². The van der Waals surface area contributed by atoms with Crippen molar-refractivity contribution >= 4 is 22.6 Å². The fraction of sp³-hybridized carbons (Fsp3) is 0.583. The highest BCUT2D eigenvalue weighted by atomic mass is 16.5. The molecule has 1 unspecified atom stereocenters. The SMILES string of the molecule is Cc1ccc2nc(N3CCC(C)(NC4CCOCC4)CC3)c(C(=O)NC(C)N)cc2c1. The molecule has 2 aliphatic rings. The number of anilines is 1. The van der Waals surface area contributed by atoms with Gasteiger partial charge in [0.25, 0.3) is 5.91 Å². The van der Waals surface area contributed by atoms with Gasteiger partial charge in [-0.05, 0) is 64.7 Å². The Balaban J connectivity index is 1.56. The van der Waals surface area contributed by atoms with Gasteiger partial charge in [-0.2, -0.15) is 0 Å². The van der Waals surface area contributed by atoms with Crippen LogP contribution in [-0.2, 0) is 4.74 Å². The topological polar surface area (TPSA) is 92.5 Å². The normalized spacial score (nSPS) is 20.6. The minimum atomic E-state index is -0.415. The number of nitrogens with one attached hydrogen (secondary N) is 2. The predicted molar refractivity (Wildman–Crippen MR) is 124 cm³/mol. The van der Waals surface area contributed by atoms with E-state index in [0.29, 0.717) is 11.6 Å². The number of hydrogen-bond donors (Lipinski definition) is 3. The number of carbonyl (C=O) groups excluding carboxylic acids is 1. The first-order chi connectivity index (χ1) is 14.8. The Morgan fingerprint density at radius 3 is 2.65 bits per heavy atom. The van der Waals surface area contributed by atoms with Crippen molar-refractivity contribution in [3.63, 3.8) is 0 Å². The van der Waals surface area contributed by atoms with Crippen molar-refractivity contribution in [2.75, 3.05) is 31.2 Å². The zero-order valence-corrected chi connectivity index (χ0v) is 18.9. The summed E-state index contributed by atoms with van der Waals surface area (Å²) in [6.45, 7) is 9.54. The van der Waals surface area contributed by atoms with Gasteiger partial charge in [-0.3, -0.25) is 4.79 Å². The molecule has 7 heteroatoms. The fourth-order valence-corrected chi connectivity index (χ4v) is 4.67. The van der Waals surface area contributed by atoms with Gasteiger partial charge in [0.1, 0.15) is 5.82 Å². The van der Waals surface area contributed by atoms with Gasteiger partial charge in [0, 0.05) is 43.3 Å². The van der Waals surface area contributed by atoms with Gasteiger partial charge in [-0.1, -0.05) is 11.6 Å². The lowest BCUT2D eigenvalue weighted by atomic mass is 9.87. The standard InChI is InChI=1S/C24H35N5O2/c1-16-4-5-21-18(14-16)15-20(23(30)26-17(2)25)22(27-21)29-10-8-24(3,9-11-29)28-19-6-12-31-13-7-19/h4-5,14-15,17,19,28H,6-13,25H2,1-3H3,(H,26,30). The maximum absolute atomic E-state index is 13.0. The minimum absolute atomic E-state index is 0.0979. The average Bonchev–Trinajstić information content (AvgIpc) is 2.73. The van der Waals surface area contributed by atoms with Crippen LogP contribution < -0.4 is 21.3 Å². The van der Waals surface area contributed by atoms with Crippen LogP contribution >= 0.6 is 0 Å². The van der Waals surface area contributed by atoms with Crippen molar-refractivity contribution in [3.05, 3.63) is 35.4 Å². The first kappa shape index (κ1) is 22.0. The number of amides is 1. The highest BCUT2D eigenvalue weighted by Gasteiger charge is 2.34. The molecule has 0 spiro atoms. The Morgan fingerprint density at radius 2 is 1.97 bits per heavy atom. The molecule has 2 aliphatic heterocycles. The van der Waals surface area contributed by atoms with Gasteiger partial charge in [0.05, 0.1) is 17.2 Å². The number of piperidine rings is 1. The van der Waals surface area contributed by atoms with E-state index >= 15 is 0 Å². The summed E-state index contributed by atoms with van der Waals surface area (Å²) in [6.07, 6.45) is 3.75. The highest BCUT2D eigenvalue weighted by Crippen LogP contribution is 2.30. The number of ether oxygens (including phenoxy) is 1. The van der Waals surface area contributed by atoms with Crippen LogP contribution in [0.15, 0.2) is 24.3 Å². The number of aryl methyl sites for hydroxylation is 1. The number of rotatable bonds is 5. The Hall–Kier alpha value is -2.22. The predicted octanol–water partition coefficient (Wildman–Crippen LogP) is 2.71. The van der Waals surface area contributed by atoms with E-state index in [4.69, 9.17) is 15.5 Å². The van der Waals surface area contributed by atoms with Crippen LogP contribution in [0.4, 0.5) is 5.82 Å². The van der Waals surface area contributed by atoms with E-state index in [-0.39, 0.29) is 11.4 Å². The zero-order chi connectivity index (χ0) is 22.0. The van der Waals surface area contributed by atoms with Gasteiger partial charge in [-0.15, -0.1) is 0 Å². The molecule has 2 fully saturated rings. The molecule has 1 aromatic carbocycles. The quantitative estimate of drug-likeness (QED) is 0.638. The lowest BCUT2D eigenvalue weighted by molar-refractivity contribution is 0.0662. The molecule has 0 radical (unpaired) electrons. The molecular weight excluding hydrogens is 390 g/mol. The molecule has 0 aliphatic carbocycles. The van der Waals surface area contributed by atoms with Crippen molar-refractivity contribution in [2.45, 2.75) is 64.2 Å². The molecule has 2 saturated heterocycles. The number of nitrogens with two attached hydrogens (primary N) is 1. The third-order valence-electron chi connectivity index (χ3n) is 6.49. The number of carbonyl (C=O) groups is 1.